The first kappa shape index (κ1) is 20.6. The first-order chi connectivity index (χ1) is 13.6. The average molecular weight is 381 g/mol. The molecule has 1 aliphatic heterocycles. The third-order valence-electron chi connectivity index (χ3n) is 5.38. The van der Waals surface area contributed by atoms with Gasteiger partial charge in [-0.05, 0) is 31.4 Å². The predicted octanol–water partition coefficient (Wildman–Crippen LogP) is 3.68. The van der Waals surface area contributed by atoms with Gasteiger partial charge in [-0.1, -0.05) is 60.2 Å². The van der Waals surface area contributed by atoms with E-state index in [1.165, 1.54) is 16.7 Å². The Hall–Kier alpha value is -2.17. The van der Waals surface area contributed by atoms with Gasteiger partial charge in [0.15, 0.2) is 0 Å². The van der Waals surface area contributed by atoms with Crippen molar-refractivity contribution in [3.63, 3.8) is 0 Å². The second-order valence-electron chi connectivity index (χ2n) is 7.76. The highest BCUT2D eigenvalue weighted by atomic mass is 16.5. The third kappa shape index (κ3) is 6.18. The summed E-state index contributed by atoms with van der Waals surface area (Å²) in [5.41, 5.74) is 3.65. The maximum Gasteiger partial charge on any atom is 0.223 e. The molecule has 2 aromatic carbocycles. The van der Waals surface area contributed by atoms with Crippen molar-refractivity contribution in [2.24, 2.45) is 0 Å². The maximum absolute atomic E-state index is 13.2. The second kappa shape index (κ2) is 10.4. The first-order valence-electron chi connectivity index (χ1n) is 10.3. The molecule has 1 aliphatic rings. The molecule has 2 aromatic rings. The average Bonchev–Trinajstić information content (AvgIpc) is 2.72. The molecular formula is C24H32N2O2. The van der Waals surface area contributed by atoms with E-state index in [4.69, 9.17) is 4.74 Å². The van der Waals surface area contributed by atoms with Crippen molar-refractivity contribution < 1.29 is 9.53 Å². The van der Waals surface area contributed by atoms with Gasteiger partial charge in [-0.15, -0.1) is 0 Å². The van der Waals surface area contributed by atoms with E-state index >= 15 is 0 Å². The molecule has 1 saturated heterocycles. The molecule has 4 nitrogen and oxygen atoms in total. The molecule has 1 unspecified atom stereocenters. The Morgan fingerprint density at radius 1 is 1.07 bits per heavy atom. The van der Waals surface area contributed by atoms with Gasteiger partial charge in [0.05, 0.1) is 13.2 Å². The van der Waals surface area contributed by atoms with Gasteiger partial charge in [0, 0.05) is 38.6 Å². The van der Waals surface area contributed by atoms with Crippen molar-refractivity contribution in [3.05, 3.63) is 71.3 Å². The Bertz CT molecular complexity index is 741. The van der Waals surface area contributed by atoms with Crippen molar-refractivity contribution in [1.29, 1.82) is 0 Å². The third-order valence-corrected chi connectivity index (χ3v) is 5.38. The van der Waals surface area contributed by atoms with E-state index in [-0.39, 0.29) is 11.9 Å². The summed E-state index contributed by atoms with van der Waals surface area (Å²) in [5, 5.41) is 0. The fourth-order valence-corrected chi connectivity index (χ4v) is 3.79. The van der Waals surface area contributed by atoms with Crippen LogP contribution in [0.15, 0.2) is 54.6 Å². The zero-order valence-electron chi connectivity index (χ0n) is 17.1. The molecule has 28 heavy (non-hydrogen) atoms. The molecule has 1 heterocycles. The Labute approximate surface area is 169 Å². The smallest absolute Gasteiger partial charge is 0.223 e. The number of morpholine rings is 1. The normalized spacial score (nSPS) is 15.9. The highest BCUT2D eigenvalue weighted by Crippen LogP contribution is 2.14. The summed E-state index contributed by atoms with van der Waals surface area (Å²) in [6.45, 7) is 9.28. The minimum absolute atomic E-state index is 0.170. The molecule has 0 radical (unpaired) electrons. The predicted molar refractivity (Wildman–Crippen MR) is 113 cm³/mol. The number of rotatable bonds is 8. The lowest BCUT2D eigenvalue weighted by atomic mass is 10.1. The molecule has 1 fully saturated rings. The van der Waals surface area contributed by atoms with Gasteiger partial charge >= 0.3 is 0 Å². The Kier molecular flexibility index (Phi) is 7.63. The fourth-order valence-electron chi connectivity index (χ4n) is 3.79. The van der Waals surface area contributed by atoms with Crippen LogP contribution in [0.3, 0.4) is 0 Å². The number of benzene rings is 2. The molecule has 3 rings (SSSR count). The van der Waals surface area contributed by atoms with Crippen LogP contribution >= 0.6 is 0 Å². The van der Waals surface area contributed by atoms with Crippen molar-refractivity contribution in [2.45, 2.75) is 39.3 Å². The summed E-state index contributed by atoms with van der Waals surface area (Å²) < 4.78 is 5.46. The van der Waals surface area contributed by atoms with Gasteiger partial charge < -0.3 is 9.64 Å². The van der Waals surface area contributed by atoms with E-state index in [0.717, 1.165) is 39.3 Å². The van der Waals surface area contributed by atoms with Gasteiger partial charge in [-0.2, -0.15) is 0 Å². The van der Waals surface area contributed by atoms with Gasteiger partial charge in [-0.25, -0.2) is 0 Å². The van der Waals surface area contributed by atoms with Crippen LogP contribution in [0.2, 0.25) is 0 Å². The van der Waals surface area contributed by atoms with E-state index in [1.54, 1.807) is 0 Å². The van der Waals surface area contributed by atoms with E-state index in [1.807, 2.05) is 18.2 Å². The second-order valence-corrected chi connectivity index (χ2v) is 7.76. The van der Waals surface area contributed by atoms with Crippen LogP contribution in [-0.4, -0.2) is 54.6 Å². The van der Waals surface area contributed by atoms with Gasteiger partial charge in [0.25, 0.3) is 0 Å². The zero-order chi connectivity index (χ0) is 19.8. The number of aryl methyl sites for hydroxylation is 2. The zero-order valence-corrected chi connectivity index (χ0v) is 17.1. The van der Waals surface area contributed by atoms with Gasteiger partial charge in [-0.3, -0.25) is 9.69 Å². The van der Waals surface area contributed by atoms with Crippen molar-refractivity contribution in [2.75, 3.05) is 32.8 Å². The first-order valence-corrected chi connectivity index (χ1v) is 10.3. The van der Waals surface area contributed by atoms with Crippen LogP contribution in [0.4, 0.5) is 0 Å². The monoisotopic (exact) mass is 380 g/mol. The summed E-state index contributed by atoms with van der Waals surface area (Å²) in [5.74, 6) is 0.228. The standard InChI is InChI=1S/C24H32N2O2/c1-20-7-6-10-22(17-20)11-12-24(27)26(19-23-8-4-3-5-9-23)21(2)18-25-13-15-28-16-14-25/h3-10,17,21H,11-16,18-19H2,1-2H3. The fraction of sp³-hybridized carbons (Fsp3) is 0.458. The van der Waals surface area contributed by atoms with E-state index < -0.39 is 0 Å². The molecule has 4 heteroatoms. The summed E-state index contributed by atoms with van der Waals surface area (Å²) in [6, 6.07) is 18.9. The van der Waals surface area contributed by atoms with Crippen LogP contribution in [0.5, 0.6) is 0 Å². The number of carbonyl (C=O) groups excluding carboxylic acids is 1. The molecule has 0 saturated carbocycles. The van der Waals surface area contributed by atoms with Crippen LogP contribution in [0.25, 0.3) is 0 Å². The Morgan fingerprint density at radius 3 is 2.50 bits per heavy atom. The van der Waals surface area contributed by atoms with Crippen LogP contribution < -0.4 is 0 Å². The summed E-state index contributed by atoms with van der Waals surface area (Å²) in [6.07, 6.45) is 1.33. The van der Waals surface area contributed by atoms with Gasteiger partial charge in [0.2, 0.25) is 5.91 Å². The lowest BCUT2D eigenvalue weighted by Gasteiger charge is -2.35. The maximum atomic E-state index is 13.2. The van der Waals surface area contributed by atoms with Crippen molar-refractivity contribution in [3.8, 4) is 0 Å². The Balaban J connectivity index is 1.65. The summed E-state index contributed by atoms with van der Waals surface area (Å²) in [7, 11) is 0. The van der Waals surface area contributed by atoms with E-state index in [2.05, 4.69) is 60.0 Å². The number of amides is 1. The Morgan fingerprint density at radius 2 is 1.79 bits per heavy atom. The molecule has 1 amide bonds. The lowest BCUT2D eigenvalue weighted by molar-refractivity contribution is -0.134. The van der Waals surface area contributed by atoms with E-state index in [9.17, 15) is 4.79 Å². The van der Waals surface area contributed by atoms with Crippen molar-refractivity contribution in [1.82, 2.24) is 9.80 Å². The number of nitrogens with zero attached hydrogens (tertiary/aromatic N) is 2. The van der Waals surface area contributed by atoms with Gasteiger partial charge in [0.1, 0.15) is 0 Å². The van der Waals surface area contributed by atoms with Crippen LogP contribution in [0, 0.1) is 6.92 Å². The summed E-state index contributed by atoms with van der Waals surface area (Å²) in [4.78, 5) is 17.6. The molecular weight excluding hydrogens is 348 g/mol. The number of ether oxygens (including phenoxy) is 1. The molecule has 150 valence electrons. The molecule has 0 N–H and O–H groups in total. The minimum atomic E-state index is 0.170. The molecule has 0 bridgehead atoms. The van der Waals surface area contributed by atoms with Crippen molar-refractivity contribution >= 4 is 5.91 Å². The quantitative estimate of drug-likeness (QED) is 0.700. The molecule has 1 atom stereocenters. The van der Waals surface area contributed by atoms with E-state index in [0.29, 0.717) is 13.0 Å². The SMILES string of the molecule is Cc1cccc(CCC(=O)N(Cc2ccccc2)C(C)CN2CCOCC2)c1. The number of hydrogen-bond acceptors (Lipinski definition) is 3. The molecule has 0 spiro atoms. The highest BCUT2D eigenvalue weighted by Gasteiger charge is 2.23. The van der Waals surface area contributed by atoms with Crippen LogP contribution in [0.1, 0.15) is 30.0 Å². The topological polar surface area (TPSA) is 32.8 Å². The molecule has 0 aliphatic carbocycles. The summed E-state index contributed by atoms with van der Waals surface area (Å²) >= 11 is 0. The highest BCUT2D eigenvalue weighted by molar-refractivity contribution is 5.76. The number of carbonyl (C=O) groups is 1. The minimum Gasteiger partial charge on any atom is -0.379 e. The number of hydrogen-bond donors (Lipinski definition) is 0. The van der Waals surface area contributed by atoms with Crippen LogP contribution in [-0.2, 0) is 22.5 Å². The molecule has 0 aromatic heterocycles. The lowest BCUT2D eigenvalue weighted by Crippen LogP contribution is -2.48. The largest absolute Gasteiger partial charge is 0.379 e.